The van der Waals surface area contributed by atoms with Gasteiger partial charge < -0.3 is 4.18 Å². The third-order valence-corrected chi connectivity index (χ3v) is 11.3. The Labute approximate surface area is 252 Å². The number of hydrogen-bond acceptors (Lipinski definition) is 2. The van der Waals surface area contributed by atoms with Gasteiger partial charge in [0.05, 0.1) is 0 Å². The summed E-state index contributed by atoms with van der Waals surface area (Å²) in [4.78, 5) is 17.1. The third kappa shape index (κ3) is 7.66. The van der Waals surface area contributed by atoms with Crippen molar-refractivity contribution in [3.05, 3.63) is 88.0 Å². The van der Waals surface area contributed by atoms with Gasteiger partial charge in [-0.15, -0.1) is 0 Å². The van der Waals surface area contributed by atoms with Crippen molar-refractivity contribution < 1.29 is 8.98 Å². The summed E-state index contributed by atoms with van der Waals surface area (Å²) in [5.41, 5.74) is 8.28. The average Bonchev–Trinajstić information content (AvgIpc) is 2.94. The first kappa shape index (κ1) is 33.0. The maximum atomic E-state index is 13.4. The minimum Gasteiger partial charge on any atom is -0.402 e. The van der Waals surface area contributed by atoms with Gasteiger partial charge in [-0.2, -0.15) is 0 Å². The number of carbonyl (C=O) groups is 1. The number of carbonyl (C=O) groups excluding carboxylic acids is 1. The largest absolute Gasteiger partial charge is 0.402 e. The fraction of sp³-hybridized carbons (Fsp3) is 0.500. The molecule has 0 radical (unpaired) electrons. The summed E-state index contributed by atoms with van der Waals surface area (Å²) in [7, 11) is -2.36. The van der Waals surface area contributed by atoms with Crippen LogP contribution in [0, 0.1) is 0 Å². The topological polar surface area (TPSA) is 26.3 Å². The fourth-order valence-electron chi connectivity index (χ4n) is 6.34. The highest BCUT2D eigenvalue weighted by Gasteiger charge is 2.41. The predicted molar refractivity (Wildman–Crippen MR) is 177 cm³/mol. The molecule has 0 saturated heterocycles. The standard InChI is InChI=1S/C38H54O2S/c1-8-17-30-25-32(19-10-3)37(33(26-30)20-11-4)41(40-29(7)39,36-23-15-14-16-24-36)38-34(21-12-5)27-31(18-9-2)28-35(38)22-13-6/h14-16,23-28H,8-13,17-22H2,1-7H3. The van der Waals surface area contributed by atoms with Gasteiger partial charge >= 0.3 is 5.97 Å². The molecule has 0 heterocycles. The summed E-state index contributed by atoms with van der Waals surface area (Å²) in [6, 6.07) is 20.5. The molecule has 0 aliphatic carbocycles. The Morgan fingerprint density at radius 2 is 0.902 bits per heavy atom. The van der Waals surface area contributed by atoms with Crippen LogP contribution in [0.2, 0.25) is 0 Å². The van der Waals surface area contributed by atoms with Gasteiger partial charge in [-0.25, -0.2) is 0 Å². The minimum atomic E-state index is -2.36. The molecule has 3 heteroatoms. The summed E-state index contributed by atoms with van der Waals surface area (Å²) < 4.78 is 6.99. The second kappa shape index (κ2) is 16.2. The van der Waals surface area contributed by atoms with E-state index in [1.165, 1.54) is 43.2 Å². The maximum absolute atomic E-state index is 13.4. The SMILES string of the molecule is CCCc1cc(CCC)c(S(OC(C)=O)(c2ccccc2)c2c(CCC)cc(CCC)cc2CCC)c(CCC)c1. The predicted octanol–water partition coefficient (Wildman–Crippen LogP) is 11.2. The lowest BCUT2D eigenvalue weighted by Crippen LogP contribution is -2.19. The molecule has 0 saturated carbocycles. The lowest BCUT2D eigenvalue weighted by Gasteiger charge is -2.44. The zero-order chi connectivity index (χ0) is 29.8. The molecule has 0 amide bonds. The first-order valence-corrected chi connectivity index (χ1v) is 17.8. The van der Waals surface area contributed by atoms with Crippen LogP contribution < -0.4 is 0 Å². The quantitative estimate of drug-likeness (QED) is 0.170. The fourth-order valence-corrected chi connectivity index (χ4v) is 10.3. The Hall–Kier alpha value is -2.52. The van der Waals surface area contributed by atoms with E-state index in [1.54, 1.807) is 6.92 Å². The molecule has 0 aliphatic rings. The van der Waals surface area contributed by atoms with Gasteiger partial charge in [0.25, 0.3) is 0 Å². The number of hydrogen-bond donors (Lipinski definition) is 0. The van der Waals surface area contributed by atoms with Gasteiger partial charge in [0.1, 0.15) is 0 Å². The van der Waals surface area contributed by atoms with Crippen molar-refractivity contribution in [1.82, 2.24) is 0 Å². The van der Waals surface area contributed by atoms with Crippen LogP contribution in [-0.4, -0.2) is 5.97 Å². The molecular weight excluding hydrogens is 520 g/mol. The van der Waals surface area contributed by atoms with Gasteiger partial charge in [0, 0.05) is 21.6 Å². The van der Waals surface area contributed by atoms with Crippen molar-refractivity contribution in [2.24, 2.45) is 0 Å². The summed E-state index contributed by atoms with van der Waals surface area (Å²) in [5.74, 6) is -0.200. The molecule has 0 fully saturated rings. The lowest BCUT2D eigenvalue weighted by atomic mass is 9.97. The first-order valence-electron chi connectivity index (χ1n) is 16.3. The highest BCUT2D eigenvalue weighted by Crippen LogP contribution is 2.73. The van der Waals surface area contributed by atoms with Crippen LogP contribution in [0.15, 0.2) is 69.3 Å². The van der Waals surface area contributed by atoms with Gasteiger partial charge in [0.15, 0.2) is 0 Å². The molecule has 224 valence electrons. The molecule has 41 heavy (non-hydrogen) atoms. The van der Waals surface area contributed by atoms with Crippen LogP contribution in [0.1, 0.15) is 120 Å². The summed E-state index contributed by atoms with van der Waals surface area (Å²) in [6.45, 7) is 15.2. The number of aryl methyl sites for hydroxylation is 6. The Morgan fingerprint density at radius 3 is 1.20 bits per heavy atom. The van der Waals surface area contributed by atoms with E-state index >= 15 is 0 Å². The van der Waals surface area contributed by atoms with E-state index in [4.69, 9.17) is 4.18 Å². The molecule has 0 spiro atoms. The van der Waals surface area contributed by atoms with Crippen LogP contribution in [0.3, 0.4) is 0 Å². The zero-order valence-electron chi connectivity index (χ0n) is 26.9. The lowest BCUT2D eigenvalue weighted by molar-refractivity contribution is -0.131. The zero-order valence-corrected chi connectivity index (χ0v) is 27.7. The monoisotopic (exact) mass is 574 g/mol. The molecule has 0 atom stereocenters. The summed E-state index contributed by atoms with van der Waals surface area (Å²) in [5, 5.41) is 0. The molecule has 3 aromatic carbocycles. The average molecular weight is 575 g/mol. The first-order chi connectivity index (χ1) is 19.9. The van der Waals surface area contributed by atoms with Crippen molar-refractivity contribution in [2.45, 2.75) is 140 Å². The molecule has 0 aliphatic heterocycles. The second-order valence-electron chi connectivity index (χ2n) is 11.4. The van der Waals surface area contributed by atoms with Crippen molar-refractivity contribution in [2.75, 3.05) is 0 Å². The normalized spacial score (nSPS) is 12.0. The molecule has 0 N–H and O–H groups in total. The maximum Gasteiger partial charge on any atom is 0.313 e. The summed E-state index contributed by atoms with van der Waals surface area (Å²) in [6.07, 6.45) is 12.5. The smallest absolute Gasteiger partial charge is 0.313 e. The third-order valence-electron chi connectivity index (χ3n) is 7.65. The van der Waals surface area contributed by atoms with Crippen LogP contribution in [0.5, 0.6) is 0 Å². The van der Waals surface area contributed by atoms with E-state index in [0.717, 1.165) is 81.9 Å². The van der Waals surface area contributed by atoms with Crippen LogP contribution in [-0.2, 0) is 47.5 Å². The van der Waals surface area contributed by atoms with Crippen LogP contribution in [0.4, 0.5) is 0 Å². The Bertz CT molecular complexity index is 1140. The molecular formula is C38H54O2S. The summed E-state index contributed by atoms with van der Waals surface area (Å²) >= 11 is 0. The number of rotatable bonds is 16. The molecule has 0 unspecified atom stereocenters. The van der Waals surface area contributed by atoms with E-state index in [9.17, 15) is 4.79 Å². The molecule has 3 rings (SSSR count). The molecule has 2 nitrogen and oxygen atoms in total. The van der Waals surface area contributed by atoms with Gasteiger partial charge in [0.2, 0.25) is 0 Å². The van der Waals surface area contributed by atoms with Gasteiger partial charge in [-0.3, -0.25) is 4.79 Å². The van der Waals surface area contributed by atoms with E-state index in [2.05, 4.69) is 96.1 Å². The van der Waals surface area contributed by atoms with E-state index in [0.29, 0.717) is 0 Å². The van der Waals surface area contributed by atoms with Crippen molar-refractivity contribution in [1.29, 1.82) is 0 Å². The van der Waals surface area contributed by atoms with Gasteiger partial charge in [-0.05, 0) is 94.3 Å². The minimum absolute atomic E-state index is 0.200. The molecule has 3 aromatic rings. The molecule has 0 bridgehead atoms. The van der Waals surface area contributed by atoms with Crippen LogP contribution >= 0.6 is 10.3 Å². The Balaban J connectivity index is 2.66. The Morgan fingerprint density at radius 1 is 0.561 bits per heavy atom. The highest BCUT2D eigenvalue weighted by molar-refractivity contribution is 8.30. The van der Waals surface area contributed by atoms with Gasteiger partial charge in [-0.1, -0.05) is 123 Å². The van der Waals surface area contributed by atoms with E-state index in [1.807, 2.05) is 0 Å². The van der Waals surface area contributed by atoms with E-state index < -0.39 is 10.3 Å². The van der Waals surface area contributed by atoms with Crippen molar-refractivity contribution in [3.8, 4) is 0 Å². The second-order valence-corrected chi connectivity index (χ2v) is 14.0. The molecule has 0 aromatic heterocycles. The Kier molecular flexibility index (Phi) is 13.0. The van der Waals surface area contributed by atoms with Crippen molar-refractivity contribution >= 4 is 16.3 Å². The van der Waals surface area contributed by atoms with Crippen molar-refractivity contribution in [3.63, 3.8) is 0 Å². The van der Waals surface area contributed by atoms with E-state index in [-0.39, 0.29) is 5.97 Å². The van der Waals surface area contributed by atoms with Crippen LogP contribution in [0.25, 0.3) is 0 Å². The number of benzene rings is 3. The highest BCUT2D eigenvalue weighted by atomic mass is 32.3.